The number of epoxide rings is 2. The van der Waals surface area contributed by atoms with Crippen LogP contribution < -0.4 is 40.4 Å². The molecule has 2 aliphatic rings. The normalized spacial score (nSPS) is 17.1. The summed E-state index contributed by atoms with van der Waals surface area (Å²) in [6.07, 6.45) is -1.37. The molecule has 12 nitrogen and oxygen atoms in total. The van der Waals surface area contributed by atoms with Gasteiger partial charge in [-0.25, -0.2) is 0 Å². The number of likely N-dealkylation sites (N-methyl/N-ethyl adjacent to an activating group) is 2. The van der Waals surface area contributed by atoms with Crippen LogP contribution >= 0.6 is 22.7 Å². The molecule has 6 aromatic rings. The van der Waals surface area contributed by atoms with E-state index in [0.29, 0.717) is 62.5 Å². The van der Waals surface area contributed by atoms with E-state index in [9.17, 15) is 19.8 Å². The maximum absolute atomic E-state index is 13.1. The second-order valence-corrected chi connectivity index (χ2v) is 14.3. The molecule has 0 saturated carbocycles. The van der Waals surface area contributed by atoms with Gasteiger partial charge in [-0.2, -0.15) is 0 Å². The predicted molar refractivity (Wildman–Crippen MR) is 203 cm³/mol. The molecule has 4 unspecified atom stereocenters. The fraction of sp³-hybridized carbons (Fsp3) is 0.316. The maximum atomic E-state index is 13.1. The van der Waals surface area contributed by atoms with Gasteiger partial charge in [-0.3, -0.25) is 20.2 Å². The summed E-state index contributed by atoms with van der Waals surface area (Å²) >= 11 is 2.97. The standard InChI is InChI=1S/C19H22N2O5S.C19H16O5S.V/c1-20-15(22)9-25-12-7-8-13(26-10-16(23)21-2)19-17(12)18(24)11-5-3-4-6-14(11)27-19;20-18-13-3-1-2-4-16(13)25-19-15(24-10-12-8-22-12)6-5-14(17(18)19)23-9-11-7-21-11;/h3-8,15-16,20-23H,9-10H2,1-2H3;1-6,11-12H,7-10H2;. The van der Waals surface area contributed by atoms with Crippen molar-refractivity contribution in [2.45, 2.75) is 24.7 Å². The number of hydrogen-bond acceptors (Lipinski definition) is 14. The SMILES string of the molecule is CNC(O)COc1ccc(OCC(O)NC)c2c(=O)c3ccccc3sc12.O=c1c2ccccc2sc2c(OCC3CO3)ccc(OCC3CO3)c12.[V]. The summed E-state index contributed by atoms with van der Waals surface area (Å²) < 4.78 is 36.8. The number of hydrogen-bond donors (Lipinski definition) is 4. The Labute approximate surface area is 324 Å². The van der Waals surface area contributed by atoms with Crippen LogP contribution in [0.1, 0.15) is 0 Å². The molecule has 4 aromatic carbocycles. The molecule has 15 heteroatoms. The largest absolute Gasteiger partial charge is 0.490 e. The van der Waals surface area contributed by atoms with Gasteiger partial charge in [0.15, 0.2) is 10.9 Å². The molecule has 4 heterocycles. The van der Waals surface area contributed by atoms with Crippen molar-refractivity contribution in [2.24, 2.45) is 0 Å². The Morgan fingerprint density at radius 3 is 1.47 bits per heavy atom. The van der Waals surface area contributed by atoms with E-state index in [-0.39, 0.29) is 54.8 Å². The molecule has 1 radical (unpaired) electrons. The molecule has 2 fully saturated rings. The Hall–Kier alpha value is -3.80. The fourth-order valence-corrected chi connectivity index (χ4v) is 7.69. The fourth-order valence-electron chi connectivity index (χ4n) is 5.37. The van der Waals surface area contributed by atoms with Gasteiger partial charge in [0.05, 0.1) is 33.4 Å². The number of aliphatic hydroxyl groups is 2. The monoisotopic (exact) mass is 797 g/mol. The van der Waals surface area contributed by atoms with Crippen molar-refractivity contribution in [1.29, 1.82) is 0 Å². The van der Waals surface area contributed by atoms with Crippen molar-refractivity contribution < 1.29 is 57.2 Å². The first-order valence-corrected chi connectivity index (χ1v) is 18.4. The van der Waals surface area contributed by atoms with Crippen molar-refractivity contribution in [2.75, 3.05) is 53.7 Å². The first-order valence-electron chi connectivity index (χ1n) is 16.8. The van der Waals surface area contributed by atoms with Crippen LogP contribution in [-0.2, 0) is 28.0 Å². The van der Waals surface area contributed by atoms with Gasteiger partial charge in [0.1, 0.15) is 74.1 Å². The molecular weight excluding hydrogens is 760 g/mol. The average molecular weight is 798 g/mol. The summed E-state index contributed by atoms with van der Waals surface area (Å²) in [5.41, 5.74) is -0.183. The van der Waals surface area contributed by atoms with Gasteiger partial charge in [-0.05, 0) is 62.6 Å². The summed E-state index contributed by atoms with van der Waals surface area (Å²) in [6, 6.07) is 22.0. The van der Waals surface area contributed by atoms with Gasteiger partial charge >= 0.3 is 0 Å². The van der Waals surface area contributed by atoms with E-state index in [2.05, 4.69) is 10.6 Å². The average Bonchev–Trinajstić information content (AvgIpc) is 4.12. The molecule has 0 bridgehead atoms. The van der Waals surface area contributed by atoms with Gasteiger partial charge in [0.25, 0.3) is 0 Å². The summed E-state index contributed by atoms with van der Waals surface area (Å²) in [4.78, 5) is 26.2. The first-order chi connectivity index (χ1) is 25.3. The molecule has 4 atom stereocenters. The summed E-state index contributed by atoms with van der Waals surface area (Å²) in [7, 11) is 3.24. The second kappa shape index (κ2) is 17.6. The second-order valence-electron chi connectivity index (χ2n) is 12.2. The van der Waals surface area contributed by atoms with E-state index in [1.54, 1.807) is 43.6 Å². The maximum Gasteiger partial charge on any atom is 0.199 e. The Kier molecular flexibility index (Phi) is 12.9. The minimum atomic E-state index is -0.846. The zero-order chi connectivity index (χ0) is 36.2. The van der Waals surface area contributed by atoms with Crippen LogP contribution in [-0.4, -0.2) is 88.6 Å². The van der Waals surface area contributed by atoms with Gasteiger partial charge in [-0.15, -0.1) is 22.7 Å². The number of benzene rings is 4. The van der Waals surface area contributed by atoms with E-state index in [4.69, 9.17) is 28.4 Å². The summed E-state index contributed by atoms with van der Waals surface area (Å²) in [6.45, 7) is 2.45. The molecule has 2 aliphatic heterocycles. The number of ether oxygens (including phenoxy) is 6. The minimum Gasteiger partial charge on any atom is -0.490 e. The third-order valence-corrected chi connectivity index (χ3v) is 10.8. The van der Waals surface area contributed by atoms with E-state index in [1.807, 2.05) is 54.6 Å². The van der Waals surface area contributed by atoms with Gasteiger partial charge in [0, 0.05) is 38.7 Å². The molecule has 8 rings (SSSR count). The van der Waals surface area contributed by atoms with Crippen molar-refractivity contribution in [3.05, 3.63) is 93.2 Å². The number of nitrogens with one attached hydrogen (secondary N) is 2. The zero-order valence-electron chi connectivity index (χ0n) is 28.9. The van der Waals surface area contributed by atoms with Gasteiger partial charge in [-0.1, -0.05) is 24.3 Å². The van der Waals surface area contributed by atoms with Crippen molar-refractivity contribution in [3.63, 3.8) is 0 Å². The van der Waals surface area contributed by atoms with Crippen LogP contribution in [0.2, 0.25) is 0 Å². The van der Waals surface area contributed by atoms with Crippen LogP contribution in [0.25, 0.3) is 40.3 Å². The van der Waals surface area contributed by atoms with Crippen molar-refractivity contribution in [3.8, 4) is 23.0 Å². The number of fused-ring (bicyclic) bond motifs is 4. The van der Waals surface area contributed by atoms with Crippen LogP contribution in [0.5, 0.6) is 23.0 Å². The Morgan fingerprint density at radius 1 is 0.642 bits per heavy atom. The van der Waals surface area contributed by atoms with E-state index in [0.717, 1.165) is 27.3 Å². The molecule has 2 aromatic heterocycles. The van der Waals surface area contributed by atoms with Gasteiger partial charge in [0.2, 0.25) is 0 Å². The molecule has 0 amide bonds. The number of rotatable bonds is 14. The molecule has 0 spiro atoms. The molecule has 2 saturated heterocycles. The quantitative estimate of drug-likeness (QED) is 0.0708. The smallest absolute Gasteiger partial charge is 0.199 e. The van der Waals surface area contributed by atoms with Crippen LogP contribution in [0.4, 0.5) is 0 Å². The van der Waals surface area contributed by atoms with Crippen LogP contribution in [0.15, 0.2) is 82.4 Å². The predicted octanol–water partition coefficient (Wildman–Crippen LogP) is 4.22. The molecule has 0 aliphatic carbocycles. The third-order valence-electron chi connectivity index (χ3n) is 8.42. The molecule has 4 N–H and O–H groups in total. The first kappa shape index (κ1) is 38.9. The Bertz CT molecular complexity index is 2330. The van der Waals surface area contributed by atoms with E-state index < -0.39 is 12.5 Å². The summed E-state index contributed by atoms with van der Waals surface area (Å²) in [5.74, 6) is 2.17. The molecular formula is C38H38N2O10S2V. The third kappa shape index (κ3) is 9.12. The van der Waals surface area contributed by atoms with Crippen molar-refractivity contribution in [1.82, 2.24) is 10.6 Å². The van der Waals surface area contributed by atoms with Crippen molar-refractivity contribution >= 4 is 63.0 Å². The van der Waals surface area contributed by atoms with E-state index in [1.165, 1.54) is 11.3 Å². The molecule has 277 valence electrons. The Balaban J connectivity index is 0.000000178. The Morgan fingerprint density at radius 2 is 1.02 bits per heavy atom. The topological polar surface area (TPSA) is 161 Å². The van der Waals surface area contributed by atoms with Gasteiger partial charge < -0.3 is 38.6 Å². The minimum absolute atomic E-state index is 0. The van der Waals surface area contributed by atoms with E-state index >= 15 is 0 Å². The van der Waals surface area contributed by atoms with Crippen LogP contribution in [0.3, 0.4) is 0 Å². The summed E-state index contributed by atoms with van der Waals surface area (Å²) in [5, 5.41) is 27.0. The van der Waals surface area contributed by atoms with Crippen LogP contribution in [0, 0.1) is 0 Å². The molecule has 53 heavy (non-hydrogen) atoms. The zero-order valence-corrected chi connectivity index (χ0v) is 31.9. The number of aliphatic hydroxyl groups excluding tert-OH is 2.